The summed E-state index contributed by atoms with van der Waals surface area (Å²) in [6.07, 6.45) is 4.59. The van der Waals surface area contributed by atoms with Crippen LogP contribution in [-0.4, -0.2) is 36.2 Å². The highest BCUT2D eigenvalue weighted by Gasteiger charge is 2.44. The van der Waals surface area contributed by atoms with Crippen LogP contribution in [-0.2, 0) is 7.05 Å². The molecule has 2 saturated carbocycles. The van der Waals surface area contributed by atoms with Crippen molar-refractivity contribution in [1.29, 1.82) is 0 Å². The zero-order valence-electron chi connectivity index (χ0n) is 17.9. The first-order chi connectivity index (χ1) is 15.2. The van der Waals surface area contributed by atoms with E-state index in [4.69, 9.17) is 5.73 Å². The Labute approximate surface area is 183 Å². The molecule has 1 aromatic carbocycles. The zero-order valence-corrected chi connectivity index (χ0v) is 17.9. The van der Waals surface area contributed by atoms with Crippen LogP contribution in [0, 0.1) is 24.6 Å². The molecule has 10 heteroatoms. The van der Waals surface area contributed by atoms with E-state index < -0.39 is 11.7 Å². The standard InChI is InChI=1S/C22H25FN6O3/c1-10-5-14(19(24)31)15(23)8-16(10)26-21-25-9-17-20(27-21)29(22(32)28(17)2)18-11-3-4-12(18)7-13(30)6-11/h5,8-9,11-13,18,30H,3-4,6-7H2,1-2H3,(H2,24,31)(H,25,26,27). The number of aliphatic hydroxyl groups is 1. The van der Waals surface area contributed by atoms with E-state index in [1.165, 1.54) is 16.7 Å². The van der Waals surface area contributed by atoms with Crippen LogP contribution in [0.3, 0.4) is 0 Å². The molecule has 0 aliphatic heterocycles. The number of imidazole rings is 1. The molecule has 2 unspecified atom stereocenters. The second kappa shape index (κ2) is 7.40. The molecule has 2 aliphatic rings. The Bertz CT molecular complexity index is 1290. The summed E-state index contributed by atoms with van der Waals surface area (Å²) in [5.41, 5.74) is 7.00. The van der Waals surface area contributed by atoms with E-state index in [-0.39, 0.29) is 41.2 Å². The Hall–Kier alpha value is -3.27. The van der Waals surface area contributed by atoms with E-state index in [1.807, 2.05) is 0 Å². The molecular formula is C22H25FN6O3. The van der Waals surface area contributed by atoms with Crippen LogP contribution in [0.2, 0.25) is 0 Å². The van der Waals surface area contributed by atoms with Crippen molar-refractivity contribution in [2.45, 2.75) is 44.8 Å². The minimum absolute atomic E-state index is 0.00798. The van der Waals surface area contributed by atoms with Crippen molar-refractivity contribution < 1.29 is 14.3 Å². The van der Waals surface area contributed by atoms with Crippen LogP contribution < -0.4 is 16.7 Å². The summed E-state index contributed by atoms with van der Waals surface area (Å²) < 4.78 is 17.6. The molecule has 4 N–H and O–H groups in total. The van der Waals surface area contributed by atoms with Crippen molar-refractivity contribution in [3.05, 3.63) is 45.8 Å². The molecule has 2 atom stereocenters. The average Bonchev–Trinajstić information content (AvgIpc) is 3.13. The highest BCUT2D eigenvalue weighted by Crippen LogP contribution is 2.49. The summed E-state index contributed by atoms with van der Waals surface area (Å²) in [7, 11) is 1.69. The number of aryl methyl sites for hydroxylation is 2. The fraction of sp³-hybridized carbons (Fsp3) is 0.455. The van der Waals surface area contributed by atoms with Gasteiger partial charge in [-0.15, -0.1) is 0 Å². The van der Waals surface area contributed by atoms with Gasteiger partial charge in [0.15, 0.2) is 5.65 Å². The van der Waals surface area contributed by atoms with E-state index in [0.717, 1.165) is 12.8 Å². The normalized spacial score (nSPS) is 24.8. The van der Waals surface area contributed by atoms with Crippen molar-refractivity contribution >= 4 is 28.7 Å². The molecule has 2 heterocycles. The molecule has 1 amide bonds. The van der Waals surface area contributed by atoms with Gasteiger partial charge in [-0.1, -0.05) is 0 Å². The van der Waals surface area contributed by atoms with Gasteiger partial charge in [0, 0.05) is 18.8 Å². The number of carbonyl (C=O) groups is 1. The van der Waals surface area contributed by atoms with Gasteiger partial charge in [-0.3, -0.25) is 13.9 Å². The lowest BCUT2D eigenvalue weighted by molar-refractivity contribution is 0.0650. The number of amides is 1. The number of aromatic nitrogens is 4. The van der Waals surface area contributed by atoms with Crippen molar-refractivity contribution in [2.75, 3.05) is 5.32 Å². The molecule has 168 valence electrons. The topological polar surface area (TPSA) is 128 Å². The van der Waals surface area contributed by atoms with Crippen LogP contribution >= 0.6 is 0 Å². The first-order valence-corrected chi connectivity index (χ1v) is 10.7. The molecule has 2 aromatic heterocycles. The van der Waals surface area contributed by atoms with Gasteiger partial charge in [0.2, 0.25) is 5.95 Å². The fourth-order valence-electron chi connectivity index (χ4n) is 5.48. The largest absolute Gasteiger partial charge is 0.393 e. The Balaban J connectivity index is 1.57. The van der Waals surface area contributed by atoms with Crippen molar-refractivity contribution in [3.8, 4) is 0 Å². The minimum atomic E-state index is -0.838. The highest BCUT2D eigenvalue weighted by molar-refractivity contribution is 5.94. The second-order valence-electron chi connectivity index (χ2n) is 8.96. The lowest BCUT2D eigenvalue weighted by Gasteiger charge is -2.33. The maximum Gasteiger partial charge on any atom is 0.330 e. The van der Waals surface area contributed by atoms with Gasteiger partial charge in [0.1, 0.15) is 11.3 Å². The number of nitrogens with two attached hydrogens (primary N) is 1. The number of anilines is 2. The summed E-state index contributed by atoms with van der Waals surface area (Å²) >= 11 is 0. The summed E-state index contributed by atoms with van der Waals surface area (Å²) in [4.78, 5) is 33.4. The Morgan fingerprint density at radius 1 is 1.28 bits per heavy atom. The third kappa shape index (κ3) is 3.17. The number of fused-ring (bicyclic) bond motifs is 3. The Morgan fingerprint density at radius 2 is 1.97 bits per heavy atom. The highest BCUT2D eigenvalue weighted by atomic mass is 19.1. The van der Waals surface area contributed by atoms with Crippen molar-refractivity contribution in [2.24, 2.45) is 24.6 Å². The van der Waals surface area contributed by atoms with E-state index in [1.54, 1.807) is 24.7 Å². The quantitative estimate of drug-likeness (QED) is 0.570. The summed E-state index contributed by atoms with van der Waals surface area (Å²) in [5, 5.41) is 13.2. The van der Waals surface area contributed by atoms with Gasteiger partial charge in [-0.25, -0.2) is 14.2 Å². The number of hydrogen-bond donors (Lipinski definition) is 3. The maximum atomic E-state index is 14.3. The zero-order chi connectivity index (χ0) is 22.7. The summed E-state index contributed by atoms with van der Waals surface area (Å²) in [5.74, 6) is -0.891. The average molecular weight is 440 g/mol. The van der Waals surface area contributed by atoms with Gasteiger partial charge in [-0.2, -0.15) is 4.98 Å². The molecule has 5 rings (SSSR count). The number of carbonyl (C=O) groups excluding carboxylic acids is 1. The van der Waals surface area contributed by atoms with Gasteiger partial charge in [0.25, 0.3) is 5.91 Å². The van der Waals surface area contributed by atoms with E-state index in [9.17, 15) is 19.1 Å². The number of benzene rings is 1. The van der Waals surface area contributed by atoms with Crippen LogP contribution in [0.1, 0.15) is 47.6 Å². The molecule has 2 fully saturated rings. The van der Waals surface area contributed by atoms with Crippen molar-refractivity contribution in [3.63, 3.8) is 0 Å². The van der Waals surface area contributed by atoms with Gasteiger partial charge < -0.3 is 16.2 Å². The molecular weight excluding hydrogens is 415 g/mol. The predicted molar refractivity (Wildman–Crippen MR) is 116 cm³/mol. The third-order valence-electron chi connectivity index (χ3n) is 6.98. The number of nitrogens with zero attached hydrogens (tertiary/aromatic N) is 4. The lowest BCUT2D eigenvalue weighted by Crippen LogP contribution is -2.36. The summed E-state index contributed by atoms with van der Waals surface area (Å²) in [6, 6.07) is 2.55. The fourth-order valence-corrected chi connectivity index (χ4v) is 5.48. The number of rotatable bonds is 4. The van der Waals surface area contributed by atoms with E-state index in [2.05, 4.69) is 15.3 Å². The first kappa shape index (κ1) is 20.6. The number of hydrogen-bond acceptors (Lipinski definition) is 6. The third-order valence-corrected chi connectivity index (χ3v) is 6.98. The molecule has 32 heavy (non-hydrogen) atoms. The van der Waals surface area contributed by atoms with Crippen LogP contribution in [0.25, 0.3) is 11.2 Å². The number of primary amides is 1. The predicted octanol–water partition coefficient (Wildman–Crippen LogP) is 2.14. The van der Waals surface area contributed by atoms with Crippen LogP contribution in [0.15, 0.2) is 23.1 Å². The summed E-state index contributed by atoms with van der Waals surface area (Å²) in [6.45, 7) is 1.72. The monoisotopic (exact) mass is 440 g/mol. The molecule has 0 saturated heterocycles. The maximum absolute atomic E-state index is 14.3. The minimum Gasteiger partial charge on any atom is -0.393 e. The second-order valence-corrected chi connectivity index (χ2v) is 8.96. The Kier molecular flexibility index (Phi) is 4.77. The molecule has 3 aromatic rings. The van der Waals surface area contributed by atoms with Crippen LogP contribution in [0.4, 0.5) is 16.0 Å². The molecule has 0 radical (unpaired) electrons. The molecule has 9 nitrogen and oxygen atoms in total. The molecule has 2 bridgehead atoms. The number of aliphatic hydroxyl groups excluding tert-OH is 1. The SMILES string of the molecule is Cc1cc(C(N)=O)c(F)cc1Nc1ncc2c(n1)n(C1C3CCC1CC(O)C3)c(=O)n2C. The van der Waals surface area contributed by atoms with Crippen LogP contribution in [0.5, 0.6) is 0 Å². The smallest absolute Gasteiger partial charge is 0.330 e. The lowest BCUT2D eigenvalue weighted by atomic mass is 9.82. The van der Waals surface area contributed by atoms with E-state index in [0.29, 0.717) is 35.3 Å². The first-order valence-electron chi connectivity index (χ1n) is 10.7. The molecule has 2 aliphatic carbocycles. The van der Waals surface area contributed by atoms with Crippen molar-refractivity contribution in [1.82, 2.24) is 19.1 Å². The number of halogens is 1. The van der Waals surface area contributed by atoms with Gasteiger partial charge in [0.05, 0.1) is 17.9 Å². The van der Waals surface area contributed by atoms with Gasteiger partial charge >= 0.3 is 5.69 Å². The Morgan fingerprint density at radius 3 is 2.62 bits per heavy atom. The van der Waals surface area contributed by atoms with Gasteiger partial charge in [-0.05, 0) is 62.1 Å². The van der Waals surface area contributed by atoms with E-state index >= 15 is 0 Å². The number of nitrogens with one attached hydrogen (secondary N) is 1. The molecule has 0 spiro atoms.